The second-order valence-electron chi connectivity index (χ2n) is 4.88. The summed E-state index contributed by atoms with van der Waals surface area (Å²) >= 11 is 6.14. The SMILES string of the molecule is Cc1c(N2C[C@H]3[C@@H](O)C=CN3C2=O)ccc(C#N)c1Cl. The van der Waals surface area contributed by atoms with Crippen molar-refractivity contribution in [2.45, 2.75) is 19.1 Å². The van der Waals surface area contributed by atoms with Crippen molar-refractivity contribution in [3.8, 4) is 6.07 Å². The molecule has 2 amide bonds. The monoisotopic (exact) mass is 289 g/mol. The van der Waals surface area contributed by atoms with Gasteiger partial charge in [0.25, 0.3) is 0 Å². The van der Waals surface area contributed by atoms with Gasteiger partial charge in [0, 0.05) is 11.9 Å². The van der Waals surface area contributed by atoms with E-state index in [1.54, 1.807) is 36.2 Å². The highest BCUT2D eigenvalue weighted by molar-refractivity contribution is 6.33. The Hall–Kier alpha value is -2.03. The molecule has 1 aromatic carbocycles. The molecule has 1 N–H and O–H groups in total. The van der Waals surface area contributed by atoms with Crippen molar-refractivity contribution < 1.29 is 9.90 Å². The molecule has 1 aromatic rings. The second kappa shape index (κ2) is 4.51. The minimum Gasteiger partial charge on any atom is -0.387 e. The fourth-order valence-corrected chi connectivity index (χ4v) is 2.85. The molecule has 102 valence electrons. The molecule has 2 aliphatic rings. The number of nitriles is 1. The van der Waals surface area contributed by atoms with Crippen molar-refractivity contribution >= 4 is 23.3 Å². The third kappa shape index (κ3) is 1.69. The second-order valence-corrected chi connectivity index (χ2v) is 5.26. The number of fused-ring (bicyclic) bond motifs is 1. The summed E-state index contributed by atoms with van der Waals surface area (Å²) in [5, 5.41) is 19.1. The van der Waals surface area contributed by atoms with Gasteiger partial charge in [0.1, 0.15) is 6.07 Å². The van der Waals surface area contributed by atoms with Crippen LogP contribution in [0.2, 0.25) is 5.02 Å². The van der Waals surface area contributed by atoms with Crippen molar-refractivity contribution in [2.75, 3.05) is 11.4 Å². The molecule has 0 radical (unpaired) electrons. The van der Waals surface area contributed by atoms with E-state index in [1.165, 1.54) is 4.90 Å². The number of aliphatic hydroxyl groups is 1. The number of hydrogen-bond donors (Lipinski definition) is 1. The average Bonchev–Trinajstić information content (AvgIpc) is 2.95. The standard InChI is InChI=1S/C14H12ClN3O2/c1-8-10(3-2-9(6-16)13(8)15)18-7-11-12(19)4-5-17(11)14(18)20/h2-5,11-12,19H,7H2,1H3/t11-,12-/m0/s1. The lowest BCUT2D eigenvalue weighted by Gasteiger charge is -2.19. The van der Waals surface area contributed by atoms with E-state index in [-0.39, 0.29) is 12.1 Å². The lowest BCUT2D eigenvalue weighted by Crippen LogP contribution is -2.32. The first-order valence-corrected chi connectivity index (χ1v) is 6.58. The van der Waals surface area contributed by atoms with Crippen molar-refractivity contribution in [3.63, 3.8) is 0 Å². The van der Waals surface area contributed by atoms with Gasteiger partial charge < -0.3 is 5.11 Å². The Labute approximate surface area is 121 Å². The van der Waals surface area contributed by atoms with Crippen LogP contribution in [0.1, 0.15) is 11.1 Å². The smallest absolute Gasteiger partial charge is 0.328 e. The van der Waals surface area contributed by atoms with Crippen LogP contribution in [0.15, 0.2) is 24.4 Å². The molecular formula is C14H12ClN3O2. The Morgan fingerprint density at radius 3 is 2.90 bits per heavy atom. The largest absolute Gasteiger partial charge is 0.387 e. The molecule has 0 saturated carbocycles. The molecule has 0 aliphatic carbocycles. The zero-order valence-corrected chi connectivity index (χ0v) is 11.5. The van der Waals surface area contributed by atoms with Gasteiger partial charge in [0.15, 0.2) is 0 Å². The summed E-state index contributed by atoms with van der Waals surface area (Å²) in [6.07, 6.45) is 2.58. The van der Waals surface area contributed by atoms with Gasteiger partial charge in [-0.25, -0.2) is 4.79 Å². The van der Waals surface area contributed by atoms with Crippen LogP contribution in [0.4, 0.5) is 10.5 Å². The van der Waals surface area contributed by atoms with Gasteiger partial charge in [-0.1, -0.05) is 11.6 Å². The maximum absolute atomic E-state index is 12.3. The van der Waals surface area contributed by atoms with Crippen LogP contribution in [0.5, 0.6) is 0 Å². The molecular weight excluding hydrogens is 278 g/mol. The predicted molar refractivity (Wildman–Crippen MR) is 74.4 cm³/mol. The third-order valence-corrected chi connectivity index (χ3v) is 4.27. The number of aliphatic hydroxyl groups excluding tert-OH is 1. The summed E-state index contributed by atoms with van der Waals surface area (Å²) in [6.45, 7) is 2.18. The highest BCUT2D eigenvalue weighted by Crippen LogP contribution is 2.34. The molecule has 20 heavy (non-hydrogen) atoms. The number of hydrogen-bond acceptors (Lipinski definition) is 3. The fourth-order valence-electron chi connectivity index (χ4n) is 2.65. The van der Waals surface area contributed by atoms with Gasteiger partial charge >= 0.3 is 6.03 Å². The Balaban J connectivity index is 2.00. The molecule has 3 rings (SSSR count). The van der Waals surface area contributed by atoms with E-state index in [4.69, 9.17) is 16.9 Å². The van der Waals surface area contributed by atoms with Crippen molar-refractivity contribution in [3.05, 3.63) is 40.6 Å². The summed E-state index contributed by atoms with van der Waals surface area (Å²) in [6, 6.07) is 4.90. The lowest BCUT2D eigenvalue weighted by molar-refractivity contribution is 0.162. The summed E-state index contributed by atoms with van der Waals surface area (Å²) in [7, 11) is 0. The molecule has 0 aromatic heterocycles. The maximum atomic E-state index is 12.3. The summed E-state index contributed by atoms with van der Waals surface area (Å²) < 4.78 is 0. The molecule has 5 nitrogen and oxygen atoms in total. The van der Waals surface area contributed by atoms with E-state index >= 15 is 0 Å². The number of rotatable bonds is 1. The number of amides is 2. The first kappa shape index (κ1) is 13.0. The fraction of sp³-hybridized carbons (Fsp3) is 0.286. The lowest BCUT2D eigenvalue weighted by atomic mass is 10.1. The van der Waals surface area contributed by atoms with Gasteiger partial charge in [-0.05, 0) is 30.7 Å². The first-order valence-electron chi connectivity index (χ1n) is 6.20. The number of benzene rings is 1. The van der Waals surface area contributed by atoms with Gasteiger partial charge in [0.05, 0.1) is 29.3 Å². The van der Waals surface area contributed by atoms with Crippen molar-refractivity contribution in [1.29, 1.82) is 5.26 Å². The number of carbonyl (C=O) groups is 1. The van der Waals surface area contributed by atoms with Crippen LogP contribution in [-0.4, -0.2) is 34.7 Å². The Bertz CT molecular complexity index is 665. The summed E-state index contributed by atoms with van der Waals surface area (Å²) in [5.41, 5.74) is 1.76. The van der Waals surface area contributed by atoms with Crippen LogP contribution in [0.3, 0.4) is 0 Å². The highest BCUT2D eigenvalue weighted by Gasteiger charge is 2.43. The van der Waals surface area contributed by atoms with E-state index in [2.05, 4.69) is 0 Å². The van der Waals surface area contributed by atoms with Gasteiger partial charge in [-0.15, -0.1) is 0 Å². The number of anilines is 1. The van der Waals surface area contributed by atoms with Crippen molar-refractivity contribution in [2.24, 2.45) is 0 Å². The summed E-state index contributed by atoms with van der Waals surface area (Å²) in [5.74, 6) is 0. The molecule has 2 aliphatic heterocycles. The highest BCUT2D eigenvalue weighted by atomic mass is 35.5. The van der Waals surface area contributed by atoms with E-state index in [1.807, 2.05) is 6.07 Å². The molecule has 0 spiro atoms. The molecule has 0 bridgehead atoms. The van der Waals surface area contributed by atoms with E-state index in [0.717, 1.165) is 0 Å². The third-order valence-electron chi connectivity index (χ3n) is 3.79. The Morgan fingerprint density at radius 1 is 1.50 bits per heavy atom. The molecule has 2 heterocycles. The van der Waals surface area contributed by atoms with E-state index in [0.29, 0.717) is 28.4 Å². The minimum atomic E-state index is -0.641. The predicted octanol–water partition coefficient (Wildman–Crippen LogP) is 2.02. The molecule has 0 unspecified atom stereocenters. The molecule has 1 fully saturated rings. The minimum absolute atomic E-state index is 0.188. The molecule has 1 saturated heterocycles. The zero-order valence-electron chi connectivity index (χ0n) is 10.7. The van der Waals surface area contributed by atoms with Crippen LogP contribution in [0.25, 0.3) is 0 Å². The number of halogens is 1. The zero-order chi connectivity index (χ0) is 14.4. The van der Waals surface area contributed by atoms with E-state index < -0.39 is 6.10 Å². The molecule has 6 heteroatoms. The van der Waals surface area contributed by atoms with Gasteiger partial charge in [0.2, 0.25) is 0 Å². The number of urea groups is 1. The van der Waals surface area contributed by atoms with Crippen LogP contribution in [0, 0.1) is 18.3 Å². The van der Waals surface area contributed by atoms with Crippen LogP contribution < -0.4 is 4.90 Å². The molecule has 2 atom stereocenters. The van der Waals surface area contributed by atoms with Gasteiger partial charge in [-0.2, -0.15) is 5.26 Å². The Kier molecular flexibility index (Phi) is 2.93. The van der Waals surface area contributed by atoms with Crippen LogP contribution >= 0.6 is 11.6 Å². The quantitative estimate of drug-likeness (QED) is 0.860. The van der Waals surface area contributed by atoms with E-state index in [9.17, 15) is 9.90 Å². The van der Waals surface area contributed by atoms with Crippen molar-refractivity contribution in [1.82, 2.24) is 4.90 Å². The Morgan fingerprint density at radius 2 is 2.25 bits per heavy atom. The normalized spacial score (nSPS) is 24.2. The summed E-state index contributed by atoms with van der Waals surface area (Å²) in [4.78, 5) is 15.4. The number of carbonyl (C=O) groups excluding carboxylic acids is 1. The maximum Gasteiger partial charge on any atom is 0.328 e. The van der Waals surface area contributed by atoms with Crippen LogP contribution in [-0.2, 0) is 0 Å². The first-order chi connectivity index (χ1) is 9.54. The number of nitrogens with zero attached hydrogens (tertiary/aromatic N) is 3. The topological polar surface area (TPSA) is 67.6 Å². The average molecular weight is 290 g/mol. The van der Waals surface area contributed by atoms with Gasteiger partial charge in [-0.3, -0.25) is 9.80 Å².